The highest BCUT2D eigenvalue weighted by atomic mass is 16.2. The van der Waals surface area contributed by atoms with E-state index in [2.05, 4.69) is 40.0 Å². The first-order chi connectivity index (χ1) is 11.6. The average molecular weight is 325 g/mol. The van der Waals surface area contributed by atoms with Crippen molar-refractivity contribution in [1.82, 2.24) is 19.7 Å². The Hall–Kier alpha value is -2.37. The second-order valence-corrected chi connectivity index (χ2v) is 6.81. The number of carbonyl (C=O) groups excluding carboxylic acids is 1. The predicted molar refractivity (Wildman–Crippen MR) is 92.2 cm³/mol. The highest BCUT2D eigenvalue weighted by Gasteiger charge is 2.30. The Kier molecular flexibility index (Phi) is 3.55. The van der Waals surface area contributed by atoms with Gasteiger partial charge in [-0.2, -0.15) is 5.10 Å². The maximum atomic E-state index is 13.1. The smallest absolute Gasteiger partial charge is 0.255 e. The first-order valence-electron chi connectivity index (χ1n) is 8.59. The average Bonchev–Trinajstić information content (AvgIpc) is 3.38. The molecular formula is C18H23N5O. The quantitative estimate of drug-likeness (QED) is 0.941. The SMILES string of the molecule is CNc1cc2c(nn1)CCN(C(=O)c1cc(C)n(C3CC3)c1C)C2. The molecule has 24 heavy (non-hydrogen) atoms. The third kappa shape index (κ3) is 2.46. The Bertz CT molecular complexity index is 806. The van der Waals surface area contributed by atoms with Gasteiger partial charge >= 0.3 is 0 Å². The standard InChI is InChI=1S/C18H23N5O/c1-11-8-15(12(2)23(11)14-4-5-14)18(24)22-7-6-16-13(10-22)9-17(19-3)21-20-16/h8-9,14H,4-7,10H2,1-3H3,(H,19,21). The Labute approximate surface area is 141 Å². The van der Waals surface area contributed by atoms with Crippen LogP contribution in [0.15, 0.2) is 12.1 Å². The van der Waals surface area contributed by atoms with E-state index in [1.165, 1.54) is 18.5 Å². The highest BCUT2D eigenvalue weighted by molar-refractivity contribution is 5.96. The van der Waals surface area contributed by atoms with Crippen molar-refractivity contribution in [1.29, 1.82) is 0 Å². The number of hydrogen-bond acceptors (Lipinski definition) is 4. The van der Waals surface area contributed by atoms with Crippen LogP contribution in [0.25, 0.3) is 0 Å². The first kappa shape index (κ1) is 15.2. The summed E-state index contributed by atoms with van der Waals surface area (Å²) in [7, 11) is 1.83. The zero-order chi connectivity index (χ0) is 16.8. The molecule has 1 aliphatic heterocycles. The Morgan fingerprint density at radius 1 is 1.25 bits per heavy atom. The molecule has 0 atom stereocenters. The van der Waals surface area contributed by atoms with Gasteiger partial charge < -0.3 is 14.8 Å². The maximum Gasteiger partial charge on any atom is 0.255 e. The number of aryl methyl sites for hydroxylation is 1. The van der Waals surface area contributed by atoms with Crippen LogP contribution in [0.2, 0.25) is 0 Å². The summed E-state index contributed by atoms with van der Waals surface area (Å²) >= 11 is 0. The van der Waals surface area contributed by atoms with Gasteiger partial charge in [0.05, 0.1) is 11.3 Å². The van der Waals surface area contributed by atoms with Gasteiger partial charge in [0.2, 0.25) is 0 Å². The first-order valence-corrected chi connectivity index (χ1v) is 8.59. The summed E-state index contributed by atoms with van der Waals surface area (Å²) in [5, 5.41) is 11.4. The van der Waals surface area contributed by atoms with E-state index in [-0.39, 0.29) is 5.91 Å². The topological polar surface area (TPSA) is 63.1 Å². The molecular weight excluding hydrogens is 302 g/mol. The third-order valence-electron chi connectivity index (χ3n) is 5.11. The van der Waals surface area contributed by atoms with Crippen molar-refractivity contribution in [3.63, 3.8) is 0 Å². The van der Waals surface area contributed by atoms with Gasteiger partial charge in [-0.05, 0) is 44.4 Å². The normalized spacial score (nSPS) is 16.9. The van der Waals surface area contributed by atoms with Crippen LogP contribution in [0.1, 0.15) is 51.9 Å². The van der Waals surface area contributed by atoms with E-state index >= 15 is 0 Å². The molecule has 4 rings (SSSR count). The number of nitrogens with one attached hydrogen (secondary N) is 1. The molecule has 0 unspecified atom stereocenters. The molecule has 6 nitrogen and oxygen atoms in total. The largest absolute Gasteiger partial charge is 0.372 e. The van der Waals surface area contributed by atoms with Crippen molar-refractivity contribution >= 4 is 11.7 Å². The maximum absolute atomic E-state index is 13.1. The molecule has 2 aromatic rings. The van der Waals surface area contributed by atoms with E-state index in [0.29, 0.717) is 19.1 Å². The highest BCUT2D eigenvalue weighted by Crippen LogP contribution is 2.38. The number of carbonyl (C=O) groups is 1. The molecule has 2 aromatic heterocycles. The molecule has 3 heterocycles. The van der Waals surface area contributed by atoms with E-state index in [9.17, 15) is 4.79 Å². The molecule has 1 N–H and O–H groups in total. The molecule has 2 aliphatic rings. The van der Waals surface area contributed by atoms with Gasteiger partial charge in [-0.3, -0.25) is 4.79 Å². The second kappa shape index (κ2) is 5.61. The molecule has 1 amide bonds. The minimum absolute atomic E-state index is 0.128. The number of amides is 1. The number of fused-ring (bicyclic) bond motifs is 1. The molecule has 6 heteroatoms. The van der Waals surface area contributed by atoms with Crippen LogP contribution in [0.3, 0.4) is 0 Å². The van der Waals surface area contributed by atoms with Crippen LogP contribution in [0, 0.1) is 13.8 Å². The zero-order valence-electron chi connectivity index (χ0n) is 14.5. The van der Waals surface area contributed by atoms with Gasteiger partial charge in [0.1, 0.15) is 5.82 Å². The van der Waals surface area contributed by atoms with Gasteiger partial charge in [0.25, 0.3) is 5.91 Å². The monoisotopic (exact) mass is 325 g/mol. The molecule has 0 aromatic carbocycles. The van der Waals surface area contributed by atoms with Crippen LogP contribution < -0.4 is 5.32 Å². The fourth-order valence-electron chi connectivity index (χ4n) is 3.68. The van der Waals surface area contributed by atoms with Crippen LogP contribution in [-0.2, 0) is 13.0 Å². The van der Waals surface area contributed by atoms with Gasteiger partial charge in [-0.1, -0.05) is 0 Å². The van der Waals surface area contributed by atoms with E-state index < -0.39 is 0 Å². The summed E-state index contributed by atoms with van der Waals surface area (Å²) in [6, 6.07) is 4.65. The number of hydrogen-bond donors (Lipinski definition) is 1. The van der Waals surface area contributed by atoms with Crippen molar-refractivity contribution in [2.75, 3.05) is 18.9 Å². The molecule has 0 spiro atoms. The molecule has 0 radical (unpaired) electrons. The second-order valence-electron chi connectivity index (χ2n) is 6.81. The Morgan fingerprint density at radius 2 is 2.04 bits per heavy atom. The third-order valence-corrected chi connectivity index (χ3v) is 5.11. The summed E-state index contributed by atoms with van der Waals surface area (Å²) in [5.74, 6) is 0.874. The van der Waals surface area contributed by atoms with Crippen molar-refractivity contribution in [2.45, 2.75) is 45.7 Å². The predicted octanol–water partition coefficient (Wildman–Crippen LogP) is 2.47. The van der Waals surface area contributed by atoms with Gasteiger partial charge in [-0.15, -0.1) is 5.10 Å². The molecule has 0 bridgehead atoms. The van der Waals surface area contributed by atoms with Crippen LogP contribution in [-0.4, -0.2) is 39.2 Å². The van der Waals surface area contributed by atoms with Crippen molar-refractivity contribution in [3.8, 4) is 0 Å². The number of anilines is 1. The van der Waals surface area contributed by atoms with Crippen LogP contribution in [0.4, 0.5) is 5.82 Å². The van der Waals surface area contributed by atoms with Gasteiger partial charge in [0.15, 0.2) is 0 Å². The van der Waals surface area contributed by atoms with E-state index in [1.807, 2.05) is 18.0 Å². The lowest BCUT2D eigenvalue weighted by Crippen LogP contribution is -2.36. The van der Waals surface area contributed by atoms with Gasteiger partial charge in [-0.25, -0.2) is 0 Å². The molecule has 1 saturated carbocycles. The molecule has 0 saturated heterocycles. The lowest BCUT2D eigenvalue weighted by atomic mass is 10.1. The summed E-state index contributed by atoms with van der Waals surface area (Å²) in [6.45, 7) is 5.47. The fraction of sp³-hybridized carbons (Fsp3) is 0.500. The minimum atomic E-state index is 0.128. The van der Waals surface area contributed by atoms with E-state index in [4.69, 9.17) is 0 Å². The number of nitrogens with zero attached hydrogens (tertiary/aromatic N) is 4. The van der Waals surface area contributed by atoms with E-state index in [0.717, 1.165) is 34.8 Å². The number of aromatic nitrogens is 3. The molecule has 1 fully saturated rings. The fourth-order valence-corrected chi connectivity index (χ4v) is 3.68. The summed E-state index contributed by atoms with van der Waals surface area (Å²) in [4.78, 5) is 15.0. The molecule has 1 aliphatic carbocycles. The Morgan fingerprint density at radius 3 is 2.75 bits per heavy atom. The summed E-state index contributed by atoms with van der Waals surface area (Å²) in [5.41, 5.74) is 5.24. The Balaban J connectivity index is 1.60. The van der Waals surface area contributed by atoms with Crippen molar-refractivity contribution in [3.05, 3.63) is 40.3 Å². The zero-order valence-corrected chi connectivity index (χ0v) is 14.5. The lowest BCUT2D eigenvalue weighted by molar-refractivity contribution is 0.0732. The van der Waals surface area contributed by atoms with Crippen molar-refractivity contribution in [2.24, 2.45) is 0 Å². The minimum Gasteiger partial charge on any atom is -0.372 e. The number of rotatable bonds is 3. The van der Waals surface area contributed by atoms with Crippen LogP contribution in [0.5, 0.6) is 0 Å². The van der Waals surface area contributed by atoms with Gasteiger partial charge in [0, 0.05) is 44.0 Å². The summed E-state index contributed by atoms with van der Waals surface area (Å²) < 4.78 is 2.33. The molecule has 126 valence electrons. The lowest BCUT2D eigenvalue weighted by Gasteiger charge is -2.28. The van der Waals surface area contributed by atoms with Crippen LogP contribution >= 0.6 is 0 Å². The summed E-state index contributed by atoms with van der Waals surface area (Å²) in [6.07, 6.45) is 3.22. The van der Waals surface area contributed by atoms with Crippen molar-refractivity contribution < 1.29 is 4.79 Å². The van der Waals surface area contributed by atoms with E-state index in [1.54, 1.807) is 0 Å².